The third kappa shape index (κ3) is 4.97. The van der Waals surface area contributed by atoms with Gasteiger partial charge in [-0.2, -0.15) is 0 Å². The Morgan fingerprint density at radius 1 is 0.448 bits per heavy atom. The van der Waals surface area contributed by atoms with E-state index >= 15 is 0 Å². The van der Waals surface area contributed by atoms with Crippen LogP contribution in [0.1, 0.15) is 5.56 Å². The van der Waals surface area contributed by atoms with Crippen molar-refractivity contribution < 1.29 is 11.0 Å². The number of rotatable bonds is 5. The lowest BCUT2D eigenvalue weighted by Crippen LogP contribution is -2.32. The quantitative estimate of drug-likeness (QED) is 0.500. The van der Waals surface area contributed by atoms with E-state index in [1.807, 2.05) is 0 Å². The van der Waals surface area contributed by atoms with Crippen LogP contribution in [-0.4, -0.2) is 11.0 Å². The highest BCUT2D eigenvalue weighted by atomic mass is 31.2. The van der Waals surface area contributed by atoms with Crippen molar-refractivity contribution in [2.24, 2.45) is 0 Å². The molecule has 0 fully saturated rings. The Morgan fingerprint density at radius 2 is 0.724 bits per heavy atom. The monoisotopic (exact) mass is 405 g/mol. The smallest absolute Gasteiger partial charge is 0.116 e. The molecule has 29 heavy (non-hydrogen) atoms. The van der Waals surface area contributed by atoms with Crippen molar-refractivity contribution in [2.75, 3.05) is 0 Å². The molecule has 0 amide bonds. The summed E-state index contributed by atoms with van der Waals surface area (Å²) in [4.78, 5) is 0. The van der Waals surface area contributed by atoms with Crippen molar-refractivity contribution in [3.63, 3.8) is 0 Å². The van der Waals surface area contributed by atoms with Crippen molar-refractivity contribution in [3.05, 3.63) is 127 Å². The Hall–Kier alpha value is -2.81. The third-order valence-electron chi connectivity index (χ3n) is 4.85. The van der Waals surface area contributed by atoms with Crippen LogP contribution in [0, 0.1) is 0 Å². The van der Waals surface area contributed by atoms with Crippen LogP contribution in [0.25, 0.3) is 0 Å². The zero-order valence-electron chi connectivity index (χ0n) is 16.4. The van der Waals surface area contributed by atoms with Crippen molar-refractivity contribution >= 4 is 23.2 Å². The summed E-state index contributed by atoms with van der Waals surface area (Å²) in [6.45, 7) is 0. The maximum absolute atomic E-state index is 2.30. The van der Waals surface area contributed by atoms with E-state index in [4.69, 9.17) is 0 Å². The van der Waals surface area contributed by atoms with Gasteiger partial charge in [0.25, 0.3) is 0 Å². The van der Waals surface area contributed by atoms with Gasteiger partial charge in [0.1, 0.15) is 23.2 Å². The lowest BCUT2D eigenvalue weighted by Gasteiger charge is -2.27. The molecule has 0 bridgehead atoms. The van der Waals surface area contributed by atoms with Crippen molar-refractivity contribution in [2.45, 2.75) is 6.16 Å². The van der Waals surface area contributed by atoms with Gasteiger partial charge in [-0.3, -0.25) is 0 Å². The normalized spacial score (nSPS) is 10.1. The fourth-order valence-electron chi connectivity index (χ4n) is 3.63. The summed E-state index contributed by atoms with van der Waals surface area (Å²) >= 11 is 0. The lowest BCUT2D eigenvalue weighted by molar-refractivity contribution is 0.823. The van der Waals surface area contributed by atoms with Gasteiger partial charge in [-0.25, -0.2) is 0 Å². The molecule has 150 valence electrons. The highest BCUT2D eigenvalue weighted by molar-refractivity contribution is 7.95. The second-order valence-electron chi connectivity index (χ2n) is 6.46. The Kier molecular flexibility index (Phi) is 9.40. The maximum Gasteiger partial charge on any atom is 0.116 e. The predicted octanol–water partition coefficient (Wildman–Crippen LogP) is 4.34. The highest BCUT2D eigenvalue weighted by Crippen LogP contribution is 2.58. The van der Waals surface area contributed by atoms with Gasteiger partial charge in [-0.1, -0.05) is 84.9 Å². The zero-order valence-corrected chi connectivity index (χ0v) is 17.3. The van der Waals surface area contributed by atoms with Crippen LogP contribution in [0.5, 0.6) is 0 Å². The average Bonchev–Trinajstić information content (AvgIpc) is 2.75. The van der Waals surface area contributed by atoms with E-state index in [0.717, 1.165) is 6.16 Å². The molecule has 6 N–H and O–H groups in total. The van der Waals surface area contributed by atoms with Crippen LogP contribution in [0.4, 0.5) is 0 Å². The molecule has 0 saturated carbocycles. The topological polar surface area (TPSA) is 96.5 Å². The molecular formula is C25H28NO2P. The molecule has 0 aliphatic rings. The van der Waals surface area contributed by atoms with Gasteiger partial charge in [0, 0.05) is 0 Å². The summed E-state index contributed by atoms with van der Waals surface area (Å²) in [6, 6.07) is 44.0. The number of hydrogen-bond donors (Lipinski definition) is 1. The minimum atomic E-state index is -1.78. The van der Waals surface area contributed by atoms with Gasteiger partial charge in [0.15, 0.2) is 0 Å². The summed E-state index contributed by atoms with van der Waals surface area (Å²) in [5, 5.41) is 4.30. The summed E-state index contributed by atoms with van der Waals surface area (Å²) in [6.07, 6.45) is 1.03. The minimum Gasteiger partial charge on any atom is -0.870 e. The van der Waals surface area contributed by atoms with Crippen molar-refractivity contribution in [3.8, 4) is 0 Å². The zero-order chi connectivity index (χ0) is 17.7. The van der Waals surface area contributed by atoms with Gasteiger partial charge in [0.05, 0.1) is 6.16 Å². The fraction of sp³-hybridized carbons (Fsp3) is 0.0400. The van der Waals surface area contributed by atoms with E-state index < -0.39 is 7.26 Å². The summed E-state index contributed by atoms with van der Waals surface area (Å²) in [5.41, 5.74) is 1.39. The van der Waals surface area contributed by atoms with Gasteiger partial charge in [-0.15, -0.1) is 0 Å². The second kappa shape index (κ2) is 11.3. The van der Waals surface area contributed by atoms with E-state index in [9.17, 15) is 0 Å². The maximum atomic E-state index is 2.30. The van der Waals surface area contributed by atoms with Crippen molar-refractivity contribution in [1.82, 2.24) is 6.15 Å². The third-order valence-corrected chi connectivity index (χ3v) is 9.23. The summed E-state index contributed by atoms with van der Waals surface area (Å²) in [7, 11) is -1.78. The Morgan fingerprint density at radius 3 is 1.03 bits per heavy atom. The largest absolute Gasteiger partial charge is 0.870 e. The van der Waals surface area contributed by atoms with Crippen LogP contribution in [0.2, 0.25) is 0 Å². The molecule has 0 aliphatic heterocycles. The molecule has 0 radical (unpaired) electrons. The molecular weight excluding hydrogens is 377 g/mol. The van der Waals surface area contributed by atoms with Crippen LogP contribution < -0.4 is 22.1 Å². The molecule has 4 aromatic rings. The first kappa shape index (κ1) is 24.2. The average molecular weight is 405 g/mol. The van der Waals surface area contributed by atoms with Crippen molar-refractivity contribution in [1.29, 1.82) is 0 Å². The minimum absolute atomic E-state index is 0. The summed E-state index contributed by atoms with van der Waals surface area (Å²) in [5.74, 6) is 0. The molecule has 0 unspecified atom stereocenters. The highest BCUT2D eigenvalue weighted by Gasteiger charge is 2.45. The molecule has 4 heteroatoms. The molecule has 0 saturated heterocycles. The van der Waals surface area contributed by atoms with Crippen LogP contribution in [-0.2, 0) is 6.16 Å². The lowest BCUT2D eigenvalue weighted by atomic mass is 10.2. The first-order chi connectivity index (χ1) is 12.9. The molecule has 4 aromatic carbocycles. The first-order valence-corrected chi connectivity index (χ1v) is 11.0. The van der Waals surface area contributed by atoms with E-state index in [-0.39, 0.29) is 17.1 Å². The predicted molar refractivity (Wildman–Crippen MR) is 126 cm³/mol. The summed E-state index contributed by atoms with van der Waals surface area (Å²) < 4.78 is 0. The van der Waals surface area contributed by atoms with E-state index in [1.54, 1.807) is 0 Å². The molecule has 0 atom stereocenters. The molecule has 0 aliphatic carbocycles. The molecule has 4 rings (SSSR count). The second-order valence-corrected chi connectivity index (χ2v) is 9.95. The van der Waals surface area contributed by atoms with E-state index in [2.05, 4.69) is 121 Å². The van der Waals surface area contributed by atoms with Gasteiger partial charge in [0.2, 0.25) is 0 Å². The van der Waals surface area contributed by atoms with Gasteiger partial charge < -0.3 is 17.1 Å². The van der Waals surface area contributed by atoms with Gasteiger partial charge >= 0.3 is 0 Å². The molecule has 3 nitrogen and oxygen atoms in total. The standard InChI is InChI=1S/C25H22P.H3N.2H2O/c1-5-13-22(14-6-1)21-26(23-15-7-2-8-16-23,24-17-9-3-10-18-24)25-19-11-4-12-20-25;;;/h1-20H,21H2;1H3;2*1H2/q+1;;;/p-1. The fourth-order valence-corrected chi connectivity index (χ4v) is 7.87. The SMILES string of the molecule is N.O.[OH-].c1ccc(C[P+](c2ccccc2)(c2ccccc2)c2ccccc2)cc1. The Bertz CT molecular complexity index is 852. The Labute approximate surface area is 173 Å². The van der Waals surface area contributed by atoms with Gasteiger partial charge in [-0.05, 0) is 42.0 Å². The molecule has 0 spiro atoms. The van der Waals surface area contributed by atoms with Crippen LogP contribution >= 0.6 is 7.26 Å². The number of benzene rings is 4. The van der Waals surface area contributed by atoms with E-state index in [0.29, 0.717) is 0 Å². The molecule has 0 aromatic heterocycles. The molecule has 0 heterocycles. The first-order valence-electron chi connectivity index (χ1n) is 8.98. The Balaban J connectivity index is 0.00000140. The number of hydrogen-bond acceptors (Lipinski definition) is 2. The van der Waals surface area contributed by atoms with E-state index in [1.165, 1.54) is 21.5 Å². The van der Waals surface area contributed by atoms with Crippen LogP contribution in [0.15, 0.2) is 121 Å². The van der Waals surface area contributed by atoms with Crippen LogP contribution in [0.3, 0.4) is 0 Å².